The fourth-order valence-corrected chi connectivity index (χ4v) is 4.24. The number of piperazine rings is 1. The molecule has 1 aliphatic rings. The SMILES string of the molecule is CC[C@@H](C)N(Cc1c(-c2ccc(F)cc2)noc1N1CCN(C)CC1)C(=O)c1ccc(Cl)cc1. The summed E-state index contributed by atoms with van der Waals surface area (Å²) in [6.45, 7) is 7.84. The van der Waals surface area contributed by atoms with Crippen LogP contribution in [0.15, 0.2) is 53.1 Å². The van der Waals surface area contributed by atoms with Gasteiger partial charge in [0.1, 0.15) is 11.5 Å². The smallest absolute Gasteiger partial charge is 0.254 e. The summed E-state index contributed by atoms with van der Waals surface area (Å²) in [7, 11) is 2.10. The van der Waals surface area contributed by atoms with Crippen molar-refractivity contribution in [2.45, 2.75) is 32.9 Å². The van der Waals surface area contributed by atoms with Gasteiger partial charge in [-0.05, 0) is 68.9 Å². The van der Waals surface area contributed by atoms with Crippen LogP contribution < -0.4 is 4.90 Å². The van der Waals surface area contributed by atoms with E-state index in [0.717, 1.165) is 43.7 Å². The van der Waals surface area contributed by atoms with Crippen molar-refractivity contribution in [1.29, 1.82) is 0 Å². The van der Waals surface area contributed by atoms with Crippen LogP contribution >= 0.6 is 11.6 Å². The number of carbonyl (C=O) groups is 1. The lowest BCUT2D eigenvalue weighted by Crippen LogP contribution is -2.45. The van der Waals surface area contributed by atoms with Crippen molar-refractivity contribution < 1.29 is 13.7 Å². The number of likely N-dealkylation sites (N-methyl/N-ethyl adjacent to an activating group) is 1. The second-order valence-corrected chi connectivity index (χ2v) is 9.25. The summed E-state index contributed by atoms with van der Waals surface area (Å²) >= 11 is 6.04. The Bertz CT molecular complexity index is 1110. The summed E-state index contributed by atoms with van der Waals surface area (Å²) in [6.07, 6.45) is 0.792. The zero-order valence-electron chi connectivity index (χ0n) is 19.8. The number of hydrogen-bond acceptors (Lipinski definition) is 5. The second-order valence-electron chi connectivity index (χ2n) is 8.81. The Balaban J connectivity index is 1.74. The summed E-state index contributed by atoms with van der Waals surface area (Å²) in [5.41, 5.74) is 2.79. The van der Waals surface area contributed by atoms with E-state index in [1.54, 1.807) is 36.4 Å². The average molecular weight is 485 g/mol. The topological polar surface area (TPSA) is 52.8 Å². The molecule has 34 heavy (non-hydrogen) atoms. The molecule has 0 bridgehead atoms. The quantitative estimate of drug-likeness (QED) is 0.454. The molecular formula is C26H30ClFN4O2. The van der Waals surface area contributed by atoms with Gasteiger partial charge in [0.15, 0.2) is 0 Å². The minimum absolute atomic E-state index is 0.0144. The Morgan fingerprint density at radius 3 is 2.38 bits per heavy atom. The molecule has 0 N–H and O–H groups in total. The number of amides is 1. The van der Waals surface area contributed by atoms with Crippen LogP contribution in [0.1, 0.15) is 36.2 Å². The normalized spacial score (nSPS) is 15.4. The first-order valence-electron chi connectivity index (χ1n) is 11.6. The molecule has 1 amide bonds. The average Bonchev–Trinajstić information content (AvgIpc) is 3.26. The van der Waals surface area contributed by atoms with Crippen molar-refractivity contribution in [3.63, 3.8) is 0 Å². The van der Waals surface area contributed by atoms with Gasteiger partial charge in [-0.2, -0.15) is 0 Å². The van der Waals surface area contributed by atoms with Gasteiger partial charge in [-0.1, -0.05) is 23.7 Å². The van der Waals surface area contributed by atoms with E-state index in [2.05, 4.69) is 28.9 Å². The molecule has 0 saturated carbocycles. The molecule has 0 spiro atoms. The first kappa shape index (κ1) is 24.2. The third kappa shape index (κ3) is 5.26. The van der Waals surface area contributed by atoms with Gasteiger partial charge >= 0.3 is 0 Å². The molecule has 1 saturated heterocycles. The van der Waals surface area contributed by atoms with Crippen molar-refractivity contribution in [3.05, 3.63) is 70.5 Å². The van der Waals surface area contributed by atoms with Crippen LogP contribution in [0.4, 0.5) is 10.3 Å². The highest BCUT2D eigenvalue weighted by Crippen LogP contribution is 2.34. The standard InChI is InChI=1S/C26H30ClFN4O2/c1-4-18(2)32(25(33)20-5-9-21(27)10-6-20)17-23-24(19-7-11-22(28)12-8-19)29-34-26(23)31-15-13-30(3)14-16-31/h5-12,18H,4,13-17H2,1-3H3/t18-/m1/s1. The molecule has 6 nitrogen and oxygen atoms in total. The molecule has 4 rings (SSSR count). The predicted molar refractivity (Wildman–Crippen MR) is 133 cm³/mol. The summed E-state index contributed by atoms with van der Waals surface area (Å²) in [5, 5.41) is 4.97. The van der Waals surface area contributed by atoms with E-state index >= 15 is 0 Å². The molecule has 0 radical (unpaired) electrons. The Hall–Kier alpha value is -2.90. The van der Waals surface area contributed by atoms with Gasteiger partial charge in [0.05, 0.1) is 12.1 Å². The van der Waals surface area contributed by atoms with E-state index in [4.69, 9.17) is 16.1 Å². The number of halogens is 2. The highest BCUT2D eigenvalue weighted by molar-refractivity contribution is 6.30. The molecule has 1 aliphatic heterocycles. The highest BCUT2D eigenvalue weighted by atomic mass is 35.5. The van der Waals surface area contributed by atoms with E-state index in [1.807, 2.05) is 11.8 Å². The van der Waals surface area contributed by atoms with Crippen LogP contribution in [0.5, 0.6) is 0 Å². The molecular weight excluding hydrogens is 455 g/mol. The van der Waals surface area contributed by atoms with Gasteiger partial charge < -0.3 is 19.2 Å². The largest absolute Gasteiger partial charge is 0.338 e. The minimum atomic E-state index is -0.313. The van der Waals surface area contributed by atoms with Crippen molar-refractivity contribution in [2.75, 3.05) is 38.1 Å². The van der Waals surface area contributed by atoms with E-state index in [-0.39, 0.29) is 17.8 Å². The van der Waals surface area contributed by atoms with Crippen molar-refractivity contribution >= 4 is 23.4 Å². The van der Waals surface area contributed by atoms with E-state index in [9.17, 15) is 9.18 Å². The minimum Gasteiger partial charge on any atom is -0.338 e. The first-order chi connectivity index (χ1) is 16.4. The number of rotatable bonds is 7. The monoisotopic (exact) mass is 484 g/mol. The second kappa shape index (κ2) is 10.6. The number of hydrogen-bond donors (Lipinski definition) is 0. The third-order valence-electron chi connectivity index (χ3n) is 6.48. The van der Waals surface area contributed by atoms with Crippen LogP contribution in [0, 0.1) is 5.82 Å². The van der Waals surface area contributed by atoms with Crippen molar-refractivity contribution in [2.24, 2.45) is 0 Å². The molecule has 3 aromatic rings. The molecule has 2 aromatic carbocycles. The Labute approximate surface area is 204 Å². The first-order valence-corrected chi connectivity index (χ1v) is 12.0. The number of aromatic nitrogens is 1. The predicted octanol–water partition coefficient (Wildman–Crippen LogP) is 5.33. The fraction of sp³-hybridized carbons (Fsp3) is 0.385. The Morgan fingerprint density at radius 1 is 1.12 bits per heavy atom. The molecule has 8 heteroatoms. The van der Waals surface area contributed by atoms with E-state index < -0.39 is 0 Å². The number of anilines is 1. The Morgan fingerprint density at radius 2 is 1.76 bits per heavy atom. The summed E-state index contributed by atoms with van der Waals surface area (Å²) in [6, 6.07) is 13.1. The lowest BCUT2D eigenvalue weighted by molar-refractivity contribution is 0.0672. The van der Waals surface area contributed by atoms with E-state index in [0.29, 0.717) is 28.7 Å². The molecule has 1 fully saturated rings. The molecule has 1 aromatic heterocycles. The van der Waals surface area contributed by atoms with Gasteiger partial charge in [-0.15, -0.1) is 0 Å². The van der Waals surface area contributed by atoms with Crippen molar-refractivity contribution in [1.82, 2.24) is 15.0 Å². The summed E-state index contributed by atoms with van der Waals surface area (Å²) < 4.78 is 19.5. The van der Waals surface area contributed by atoms with Gasteiger partial charge in [0.2, 0.25) is 5.88 Å². The third-order valence-corrected chi connectivity index (χ3v) is 6.73. The maximum Gasteiger partial charge on any atom is 0.254 e. The van der Waals surface area contributed by atoms with Gasteiger partial charge in [-0.3, -0.25) is 4.79 Å². The lowest BCUT2D eigenvalue weighted by Gasteiger charge is -2.33. The number of carbonyl (C=O) groups excluding carboxylic acids is 1. The summed E-state index contributed by atoms with van der Waals surface area (Å²) in [5.74, 6) is 0.276. The molecule has 180 valence electrons. The maximum absolute atomic E-state index is 13.6. The summed E-state index contributed by atoms with van der Waals surface area (Å²) in [4.78, 5) is 19.9. The zero-order chi connectivity index (χ0) is 24.2. The molecule has 0 unspecified atom stereocenters. The fourth-order valence-electron chi connectivity index (χ4n) is 4.11. The highest BCUT2D eigenvalue weighted by Gasteiger charge is 2.29. The van der Waals surface area contributed by atoms with Crippen molar-refractivity contribution in [3.8, 4) is 11.3 Å². The van der Waals surface area contributed by atoms with Crippen LogP contribution in [0.3, 0.4) is 0 Å². The van der Waals surface area contributed by atoms with Crippen LogP contribution in [0.2, 0.25) is 5.02 Å². The van der Waals surface area contributed by atoms with Gasteiger partial charge in [0, 0.05) is 48.4 Å². The zero-order valence-corrected chi connectivity index (χ0v) is 20.6. The van der Waals surface area contributed by atoms with Crippen LogP contribution in [0.25, 0.3) is 11.3 Å². The maximum atomic E-state index is 13.6. The lowest BCUT2D eigenvalue weighted by atomic mass is 10.0. The van der Waals surface area contributed by atoms with Crippen LogP contribution in [-0.2, 0) is 6.54 Å². The number of nitrogens with zero attached hydrogens (tertiary/aromatic N) is 4. The van der Waals surface area contributed by atoms with Gasteiger partial charge in [0.25, 0.3) is 5.91 Å². The van der Waals surface area contributed by atoms with Gasteiger partial charge in [-0.25, -0.2) is 4.39 Å². The van der Waals surface area contributed by atoms with Crippen LogP contribution in [-0.4, -0.2) is 60.1 Å². The number of benzene rings is 2. The molecule has 1 atom stereocenters. The van der Waals surface area contributed by atoms with E-state index in [1.165, 1.54) is 12.1 Å². The molecule has 0 aliphatic carbocycles. The molecule has 2 heterocycles. The Kier molecular flexibility index (Phi) is 7.54.